The Labute approximate surface area is 111 Å². The molecule has 0 fully saturated rings. The predicted octanol–water partition coefficient (Wildman–Crippen LogP) is 2.70. The van der Waals surface area contributed by atoms with Crippen LogP contribution < -0.4 is 0 Å². The predicted molar refractivity (Wildman–Crippen MR) is 63.8 cm³/mol. The molecule has 0 aromatic carbocycles. The smallest absolute Gasteiger partial charge is 0 e. The van der Waals surface area contributed by atoms with Crippen LogP contribution in [0, 0.1) is 0 Å². The van der Waals surface area contributed by atoms with E-state index in [1.54, 1.807) is 8.94 Å². The average molecular weight is 416 g/mol. The SMILES string of the molecule is CCCCC[Te]CCCCC.O.[Te]. The molecule has 0 aromatic rings. The fourth-order valence-corrected chi connectivity index (χ4v) is 3.92. The first-order valence-corrected chi connectivity index (χ1v) is 8.29. The van der Waals surface area contributed by atoms with Crippen LogP contribution in [-0.2, 0) is 0 Å². The average Bonchev–Trinajstić information content (AvgIpc) is 2.03. The molecule has 3 heteroatoms. The summed E-state index contributed by atoms with van der Waals surface area (Å²) >= 11 is 0.441. The fourth-order valence-electron chi connectivity index (χ4n) is 1.01. The molecule has 2 radical (unpaired) electrons. The Hall–Kier alpha value is 1.54. The van der Waals surface area contributed by atoms with Gasteiger partial charge in [-0.2, -0.15) is 0 Å². The van der Waals surface area contributed by atoms with Crippen LogP contribution in [0.15, 0.2) is 0 Å². The van der Waals surface area contributed by atoms with Crippen LogP contribution in [0.4, 0.5) is 0 Å². The van der Waals surface area contributed by atoms with Crippen LogP contribution in [0.25, 0.3) is 0 Å². The molecular formula is C10H24OTe2. The molecule has 0 aliphatic carbocycles. The van der Waals surface area contributed by atoms with Crippen LogP contribution >= 0.6 is 0 Å². The first kappa shape index (κ1) is 20.0. The Bertz CT molecular complexity index is 61.9. The monoisotopic (exact) mass is 420 g/mol. The minimum Gasteiger partial charge on any atom is -0.412 e. The normalized spacial score (nSPS) is 8.77. The molecule has 0 spiro atoms. The van der Waals surface area contributed by atoms with E-state index >= 15 is 0 Å². The Morgan fingerprint density at radius 2 is 1.15 bits per heavy atom. The Balaban J connectivity index is -0.000000500. The molecule has 0 saturated carbocycles. The fraction of sp³-hybridized carbons (Fsp3) is 1.00. The van der Waals surface area contributed by atoms with E-state index in [9.17, 15) is 0 Å². The topological polar surface area (TPSA) is 31.5 Å². The number of hydrogen-bond donors (Lipinski definition) is 0. The maximum Gasteiger partial charge on any atom is 0 e. The zero-order chi connectivity index (χ0) is 8.36. The first-order valence-electron chi connectivity index (χ1n) is 4.99. The van der Waals surface area contributed by atoms with E-state index in [2.05, 4.69) is 13.8 Å². The molecule has 0 atom stereocenters. The van der Waals surface area contributed by atoms with Crippen molar-refractivity contribution in [2.75, 3.05) is 0 Å². The second kappa shape index (κ2) is 19.2. The van der Waals surface area contributed by atoms with Crippen molar-refractivity contribution < 1.29 is 5.48 Å². The van der Waals surface area contributed by atoms with Crippen LogP contribution in [0.5, 0.6) is 0 Å². The summed E-state index contributed by atoms with van der Waals surface area (Å²) in [5, 5.41) is 0. The van der Waals surface area contributed by atoms with Crippen molar-refractivity contribution in [2.45, 2.75) is 61.3 Å². The summed E-state index contributed by atoms with van der Waals surface area (Å²) < 4.78 is 3.20. The standard InChI is InChI=1S/C10H22Te.H2O.Te/c1-3-5-7-9-11-10-8-6-4-2;;/h3-10H2,1-2H3;1H2;. The molecule has 0 rings (SSSR count). The van der Waals surface area contributed by atoms with Gasteiger partial charge in [-0.1, -0.05) is 0 Å². The second-order valence-electron chi connectivity index (χ2n) is 3.03. The number of unbranched alkanes of at least 4 members (excludes halogenated alkanes) is 4. The van der Waals surface area contributed by atoms with Gasteiger partial charge in [0.1, 0.15) is 0 Å². The molecular weight excluding hydrogens is 391 g/mol. The van der Waals surface area contributed by atoms with Gasteiger partial charge in [-0.3, -0.25) is 0 Å². The van der Waals surface area contributed by atoms with Gasteiger partial charge in [-0.25, -0.2) is 0 Å². The first-order chi connectivity index (χ1) is 5.41. The zero-order valence-electron chi connectivity index (χ0n) is 8.97. The second-order valence-corrected chi connectivity index (χ2v) is 6.52. The minimum absolute atomic E-state index is 0. The van der Waals surface area contributed by atoms with Gasteiger partial charge in [0.15, 0.2) is 0 Å². The molecule has 0 aliphatic heterocycles. The minimum atomic E-state index is 0. The molecule has 1 nitrogen and oxygen atoms in total. The zero-order valence-corrected chi connectivity index (χ0v) is 13.6. The van der Waals surface area contributed by atoms with Crippen molar-refractivity contribution in [3.05, 3.63) is 0 Å². The molecule has 0 saturated heterocycles. The number of rotatable bonds is 8. The third-order valence-corrected chi connectivity index (χ3v) is 5.08. The van der Waals surface area contributed by atoms with E-state index in [0.717, 1.165) is 0 Å². The molecule has 82 valence electrons. The number of hydrogen-bond acceptors (Lipinski definition) is 0. The third kappa shape index (κ3) is 19.8. The molecule has 0 aliphatic rings. The Morgan fingerprint density at radius 3 is 1.46 bits per heavy atom. The molecule has 0 amide bonds. The molecule has 13 heavy (non-hydrogen) atoms. The van der Waals surface area contributed by atoms with Gasteiger partial charge >= 0.3 is 82.2 Å². The van der Waals surface area contributed by atoms with Crippen molar-refractivity contribution in [2.24, 2.45) is 0 Å². The van der Waals surface area contributed by atoms with Crippen molar-refractivity contribution in [3.8, 4) is 0 Å². The van der Waals surface area contributed by atoms with Crippen molar-refractivity contribution >= 4 is 44.6 Å². The largest absolute Gasteiger partial charge is 0.412 e. The molecule has 2 N–H and O–H groups in total. The third-order valence-electron chi connectivity index (χ3n) is 1.78. The van der Waals surface area contributed by atoms with Crippen LogP contribution in [0.3, 0.4) is 0 Å². The Kier molecular flexibility index (Phi) is 29.5. The maximum absolute atomic E-state index is 2.29. The van der Waals surface area contributed by atoms with Gasteiger partial charge in [0, 0.05) is 23.7 Å². The molecule has 0 unspecified atom stereocenters. The van der Waals surface area contributed by atoms with Gasteiger partial charge in [0.25, 0.3) is 0 Å². The van der Waals surface area contributed by atoms with E-state index in [-0.39, 0.29) is 29.1 Å². The summed E-state index contributed by atoms with van der Waals surface area (Å²) in [4.78, 5) is 0. The van der Waals surface area contributed by atoms with Crippen molar-refractivity contribution in [1.29, 1.82) is 0 Å². The summed E-state index contributed by atoms with van der Waals surface area (Å²) in [6.07, 6.45) is 8.76. The van der Waals surface area contributed by atoms with Crippen LogP contribution in [0.2, 0.25) is 8.94 Å². The summed E-state index contributed by atoms with van der Waals surface area (Å²) in [5.41, 5.74) is 0. The van der Waals surface area contributed by atoms with E-state index in [4.69, 9.17) is 0 Å². The van der Waals surface area contributed by atoms with Crippen molar-refractivity contribution in [1.82, 2.24) is 0 Å². The van der Waals surface area contributed by atoms with Gasteiger partial charge in [0.05, 0.1) is 0 Å². The van der Waals surface area contributed by atoms with Gasteiger partial charge < -0.3 is 5.48 Å². The summed E-state index contributed by atoms with van der Waals surface area (Å²) in [7, 11) is 0. The Morgan fingerprint density at radius 1 is 0.769 bits per heavy atom. The summed E-state index contributed by atoms with van der Waals surface area (Å²) in [5.74, 6) is 0. The van der Waals surface area contributed by atoms with Crippen LogP contribution in [-0.4, -0.2) is 50.1 Å². The van der Waals surface area contributed by atoms with Gasteiger partial charge in [-0.05, 0) is 0 Å². The van der Waals surface area contributed by atoms with E-state index < -0.39 is 0 Å². The van der Waals surface area contributed by atoms with E-state index in [1.165, 1.54) is 38.5 Å². The quantitative estimate of drug-likeness (QED) is 0.431. The maximum atomic E-state index is 2.29. The van der Waals surface area contributed by atoms with E-state index in [1.807, 2.05) is 0 Å². The van der Waals surface area contributed by atoms with Gasteiger partial charge in [-0.15, -0.1) is 0 Å². The van der Waals surface area contributed by atoms with Crippen LogP contribution in [0.1, 0.15) is 52.4 Å². The van der Waals surface area contributed by atoms with E-state index in [0.29, 0.717) is 20.9 Å². The van der Waals surface area contributed by atoms with Gasteiger partial charge in [0.2, 0.25) is 0 Å². The summed E-state index contributed by atoms with van der Waals surface area (Å²) in [6, 6.07) is 0. The molecule has 0 aromatic heterocycles. The summed E-state index contributed by atoms with van der Waals surface area (Å²) in [6.45, 7) is 4.58. The molecule has 0 heterocycles. The van der Waals surface area contributed by atoms with Crippen molar-refractivity contribution in [3.63, 3.8) is 0 Å². The molecule has 0 bridgehead atoms.